The predicted molar refractivity (Wildman–Crippen MR) is 72.0 cm³/mol. The quantitative estimate of drug-likeness (QED) is 0.816. The molecule has 1 saturated carbocycles. The van der Waals surface area contributed by atoms with Crippen LogP contribution in [-0.4, -0.2) is 26.8 Å². The van der Waals surface area contributed by atoms with Crippen molar-refractivity contribution in [2.45, 2.75) is 25.8 Å². The van der Waals surface area contributed by atoms with Crippen LogP contribution in [0.3, 0.4) is 0 Å². The number of carbonyl (C=O) groups excluding carboxylic acids is 1. The number of carboxylic acids is 1. The number of hydrogen-bond acceptors (Lipinski definition) is 3. The van der Waals surface area contributed by atoms with Crippen molar-refractivity contribution in [2.75, 3.05) is 5.32 Å². The maximum absolute atomic E-state index is 12.3. The van der Waals surface area contributed by atoms with Crippen LogP contribution in [0.4, 0.5) is 5.69 Å². The van der Waals surface area contributed by atoms with Crippen molar-refractivity contribution < 1.29 is 14.7 Å². The third-order valence-electron chi connectivity index (χ3n) is 4.11. The summed E-state index contributed by atoms with van der Waals surface area (Å²) >= 11 is 0. The van der Waals surface area contributed by atoms with Gasteiger partial charge in [-0.05, 0) is 31.1 Å². The van der Waals surface area contributed by atoms with Gasteiger partial charge in [0.2, 0.25) is 5.91 Å². The number of aliphatic carboxylic acids is 1. The number of fused-ring (bicyclic) bond motifs is 2. The summed E-state index contributed by atoms with van der Waals surface area (Å²) in [5, 5.41) is 15.4. The molecule has 0 aromatic carbocycles. The minimum atomic E-state index is -0.958. The van der Waals surface area contributed by atoms with E-state index >= 15 is 0 Å². The number of allylic oxidation sites excluding steroid dienone is 2. The number of carboxylic acid groups (broad SMARTS) is 1. The molecule has 2 bridgehead atoms. The Bertz CT molecular complexity index is 564. The summed E-state index contributed by atoms with van der Waals surface area (Å²) in [5.74, 6) is -0.0410. The third-order valence-corrected chi connectivity index (χ3v) is 4.11. The van der Waals surface area contributed by atoms with Crippen molar-refractivity contribution in [3.63, 3.8) is 0 Å². The highest BCUT2D eigenvalue weighted by Crippen LogP contribution is 2.40. The van der Waals surface area contributed by atoms with E-state index in [1.807, 2.05) is 0 Å². The zero-order valence-electron chi connectivity index (χ0n) is 11.0. The minimum Gasteiger partial charge on any atom is -0.480 e. The number of rotatable bonds is 4. The van der Waals surface area contributed by atoms with E-state index in [0.717, 1.165) is 12.8 Å². The van der Waals surface area contributed by atoms with Crippen LogP contribution in [0.25, 0.3) is 0 Å². The van der Waals surface area contributed by atoms with Crippen LogP contribution in [0.5, 0.6) is 0 Å². The van der Waals surface area contributed by atoms with E-state index in [4.69, 9.17) is 5.11 Å². The Hall–Kier alpha value is -2.11. The van der Waals surface area contributed by atoms with Gasteiger partial charge >= 0.3 is 5.97 Å². The Morgan fingerprint density at radius 3 is 2.85 bits per heavy atom. The zero-order valence-corrected chi connectivity index (χ0v) is 11.0. The standard InChI is InChI=1S/C14H17N3O3/c18-13(19)8-17-7-11(6-15-17)16-14(20)12-5-9-1-3-10(12)4-2-9/h1,3,6-7,9-10,12H,2,4-5,8H2,(H,16,20)(H,18,19)/t9-,10+,12-/m1/s1. The molecule has 2 N–H and O–H groups in total. The van der Waals surface area contributed by atoms with Crippen molar-refractivity contribution >= 4 is 17.6 Å². The van der Waals surface area contributed by atoms with E-state index in [1.54, 1.807) is 6.20 Å². The molecule has 0 saturated heterocycles. The molecule has 3 aliphatic carbocycles. The molecule has 106 valence electrons. The molecule has 6 nitrogen and oxygen atoms in total. The van der Waals surface area contributed by atoms with Crippen LogP contribution < -0.4 is 5.32 Å². The molecule has 1 aromatic heterocycles. The number of nitrogens with one attached hydrogen (secondary N) is 1. The number of amides is 1. The van der Waals surface area contributed by atoms with Gasteiger partial charge in [0.15, 0.2) is 0 Å². The lowest BCUT2D eigenvalue weighted by Gasteiger charge is -2.36. The summed E-state index contributed by atoms with van der Waals surface area (Å²) in [4.78, 5) is 22.9. The van der Waals surface area contributed by atoms with Crippen LogP contribution in [-0.2, 0) is 16.1 Å². The van der Waals surface area contributed by atoms with Gasteiger partial charge in [-0.15, -0.1) is 0 Å². The molecule has 1 aromatic rings. The molecular formula is C14H17N3O3. The summed E-state index contributed by atoms with van der Waals surface area (Å²) in [7, 11) is 0. The summed E-state index contributed by atoms with van der Waals surface area (Å²) in [6, 6.07) is 0. The van der Waals surface area contributed by atoms with E-state index in [-0.39, 0.29) is 18.4 Å². The molecule has 0 spiro atoms. The minimum absolute atomic E-state index is 0.0129. The van der Waals surface area contributed by atoms with Crippen LogP contribution >= 0.6 is 0 Å². The van der Waals surface area contributed by atoms with Gasteiger partial charge in [0.05, 0.1) is 11.9 Å². The summed E-state index contributed by atoms with van der Waals surface area (Å²) in [5.41, 5.74) is 0.557. The lowest BCUT2D eigenvalue weighted by Crippen LogP contribution is -2.36. The first-order chi connectivity index (χ1) is 9.61. The van der Waals surface area contributed by atoms with Crippen molar-refractivity contribution in [1.82, 2.24) is 9.78 Å². The topological polar surface area (TPSA) is 84.2 Å². The summed E-state index contributed by atoms with van der Waals surface area (Å²) < 4.78 is 1.30. The zero-order chi connectivity index (χ0) is 14.1. The lowest BCUT2D eigenvalue weighted by molar-refractivity contribution is -0.137. The summed E-state index contributed by atoms with van der Waals surface area (Å²) in [6.45, 7) is -0.202. The second kappa shape index (κ2) is 5.11. The number of nitrogens with zero attached hydrogens (tertiary/aromatic N) is 2. The Balaban J connectivity index is 1.63. The van der Waals surface area contributed by atoms with Crippen molar-refractivity contribution in [3.8, 4) is 0 Å². The Kier molecular flexibility index (Phi) is 3.30. The van der Waals surface area contributed by atoms with Crippen molar-refractivity contribution in [2.24, 2.45) is 17.8 Å². The number of carbonyl (C=O) groups is 2. The van der Waals surface area contributed by atoms with Crippen LogP contribution in [0.1, 0.15) is 19.3 Å². The van der Waals surface area contributed by atoms with E-state index in [9.17, 15) is 9.59 Å². The van der Waals surface area contributed by atoms with E-state index in [1.165, 1.54) is 17.3 Å². The van der Waals surface area contributed by atoms with Gasteiger partial charge in [0, 0.05) is 12.1 Å². The fraction of sp³-hybridized carbons (Fsp3) is 0.500. The number of anilines is 1. The first kappa shape index (κ1) is 12.9. The van der Waals surface area contributed by atoms with E-state index in [0.29, 0.717) is 17.5 Å². The van der Waals surface area contributed by atoms with Crippen molar-refractivity contribution in [3.05, 3.63) is 24.5 Å². The average molecular weight is 275 g/mol. The largest absolute Gasteiger partial charge is 0.480 e. The normalized spacial score (nSPS) is 27.5. The second-order valence-electron chi connectivity index (χ2n) is 5.54. The molecule has 3 atom stereocenters. The van der Waals surface area contributed by atoms with Gasteiger partial charge in [0.25, 0.3) is 0 Å². The SMILES string of the molecule is O=C(O)Cn1cc(NC(=O)[C@@H]2C[C@@H]3C=C[C@H]2CC3)cn1. The van der Waals surface area contributed by atoms with Gasteiger partial charge in [-0.1, -0.05) is 12.2 Å². The average Bonchev–Trinajstić information content (AvgIpc) is 2.86. The van der Waals surface area contributed by atoms with E-state index < -0.39 is 5.97 Å². The molecule has 20 heavy (non-hydrogen) atoms. The van der Waals surface area contributed by atoms with E-state index in [2.05, 4.69) is 22.6 Å². The Labute approximate surface area is 116 Å². The number of aromatic nitrogens is 2. The van der Waals surface area contributed by atoms with Gasteiger partial charge in [-0.25, -0.2) is 0 Å². The third kappa shape index (κ3) is 2.59. The van der Waals surface area contributed by atoms with Crippen LogP contribution in [0.15, 0.2) is 24.5 Å². The molecule has 1 amide bonds. The second-order valence-corrected chi connectivity index (χ2v) is 5.54. The molecular weight excluding hydrogens is 258 g/mol. The highest BCUT2D eigenvalue weighted by atomic mass is 16.4. The molecule has 4 rings (SSSR count). The highest BCUT2D eigenvalue weighted by Gasteiger charge is 2.36. The summed E-state index contributed by atoms with van der Waals surface area (Å²) in [6.07, 6.45) is 10.6. The molecule has 0 unspecified atom stereocenters. The monoisotopic (exact) mass is 275 g/mol. The van der Waals surface area contributed by atoms with Crippen LogP contribution in [0.2, 0.25) is 0 Å². The number of hydrogen-bond donors (Lipinski definition) is 2. The fourth-order valence-corrected chi connectivity index (χ4v) is 3.12. The maximum Gasteiger partial charge on any atom is 0.325 e. The van der Waals surface area contributed by atoms with Crippen molar-refractivity contribution in [1.29, 1.82) is 0 Å². The Morgan fingerprint density at radius 1 is 1.40 bits per heavy atom. The Morgan fingerprint density at radius 2 is 2.25 bits per heavy atom. The molecule has 3 aliphatic rings. The van der Waals surface area contributed by atoms with Gasteiger partial charge < -0.3 is 10.4 Å². The first-order valence-electron chi connectivity index (χ1n) is 6.85. The first-order valence-corrected chi connectivity index (χ1v) is 6.85. The van der Waals surface area contributed by atoms with Crippen LogP contribution in [0, 0.1) is 17.8 Å². The predicted octanol–water partition coefficient (Wildman–Crippen LogP) is 1.51. The smallest absolute Gasteiger partial charge is 0.325 e. The molecule has 0 radical (unpaired) electrons. The van der Waals surface area contributed by atoms with Gasteiger partial charge in [-0.2, -0.15) is 5.10 Å². The highest BCUT2D eigenvalue weighted by molar-refractivity contribution is 5.92. The lowest BCUT2D eigenvalue weighted by atomic mass is 9.69. The molecule has 1 fully saturated rings. The fourth-order valence-electron chi connectivity index (χ4n) is 3.12. The molecule has 6 heteroatoms. The maximum atomic E-state index is 12.3. The molecule has 0 aliphatic heterocycles. The molecule has 1 heterocycles. The van der Waals surface area contributed by atoms with Gasteiger partial charge in [0.1, 0.15) is 6.54 Å². The van der Waals surface area contributed by atoms with Gasteiger partial charge in [-0.3, -0.25) is 14.3 Å².